The lowest BCUT2D eigenvalue weighted by Crippen LogP contribution is -2.29. The van der Waals surface area contributed by atoms with Crippen LogP contribution in [0.3, 0.4) is 0 Å². The summed E-state index contributed by atoms with van der Waals surface area (Å²) >= 11 is 0. The Morgan fingerprint density at radius 1 is 0.885 bits per heavy atom. The van der Waals surface area contributed by atoms with E-state index in [0.717, 1.165) is 0 Å². The molecule has 0 saturated heterocycles. The van der Waals surface area contributed by atoms with Gasteiger partial charge in [-0.1, -0.05) is 55.5 Å². The van der Waals surface area contributed by atoms with Crippen molar-refractivity contribution in [1.82, 2.24) is 0 Å². The highest BCUT2D eigenvalue weighted by Crippen LogP contribution is 2.52. The molecule has 0 fully saturated rings. The van der Waals surface area contributed by atoms with Crippen molar-refractivity contribution in [1.29, 1.82) is 0 Å². The van der Waals surface area contributed by atoms with Crippen molar-refractivity contribution in [2.75, 3.05) is 0 Å². The molecule has 6 rings (SSSR count). The van der Waals surface area contributed by atoms with Gasteiger partial charge in [0.2, 0.25) is 0 Å². The molecule has 3 aromatic carbocycles. The molecular weight excluding hydrogens is 312 g/mol. The van der Waals surface area contributed by atoms with E-state index < -0.39 is 0 Å². The second-order valence-electron chi connectivity index (χ2n) is 8.42. The molecule has 2 atom stereocenters. The maximum Gasteiger partial charge on any atom is -0.00553 e. The molecule has 0 heteroatoms. The fourth-order valence-corrected chi connectivity index (χ4v) is 5.37. The normalized spacial score (nSPS) is 21.6. The summed E-state index contributed by atoms with van der Waals surface area (Å²) in [6.45, 7) is 2.35. The van der Waals surface area contributed by atoms with Crippen molar-refractivity contribution in [3.05, 3.63) is 93.5 Å². The molecule has 1 radical (unpaired) electrons. The SMILES string of the molecule is CC1Cc2c1[c]c(-c1ccccc1)c1c2CC1Cc1cccc2c1CC2. The lowest BCUT2D eigenvalue weighted by atomic mass is 9.62. The van der Waals surface area contributed by atoms with E-state index >= 15 is 0 Å². The Bertz CT molecular complexity index is 1030. The third kappa shape index (κ3) is 1.96. The van der Waals surface area contributed by atoms with Crippen LogP contribution in [0.2, 0.25) is 0 Å². The zero-order valence-electron chi connectivity index (χ0n) is 15.3. The Balaban J connectivity index is 1.44. The molecule has 0 nitrogen and oxygen atoms in total. The van der Waals surface area contributed by atoms with Gasteiger partial charge in [-0.2, -0.15) is 0 Å². The van der Waals surface area contributed by atoms with E-state index in [-0.39, 0.29) is 0 Å². The molecule has 0 bridgehead atoms. The van der Waals surface area contributed by atoms with Gasteiger partial charge in [0.05, 0.1) is 0 Å². The topological polar surface area (TPSA) is 0 Å². The van der Waals surface area contributed by atoms with Gasteiger partial charge in [-0.15, -0.1) is 0 Å². The van der Waals surface area contributed by atoms with Gasteiger partial charge in [0.25, 0.3) is 0 Å². The average molecular weight is 335 g/mol. The largest absolute Gasteiger partial charge is 0.0622 e. The second kappa shape index (κ2) is 5.33. The van der Waals surface area contributed by atoms with Crippen LogP contribution >= 0.6 is 0 Å². The Kier molecular flexibility index (Phi) is 3.03. The first-order chi connectivity index (χ1) is 12.8. The first kappa shape index (κ1) is 14.8. The average Bonchev–Trinajstić information content (AvgIpc) is 2.61. The summed E-state index contributed by atoms with van der Waals surface area (Å²) in [5, 5.41) is 0. The molecule has 2 unspecified atom stereocenters. The molecule has 0 amide bonds. The zero-order valence-corrected chi connectivity index (χ0v) is 15.3. The summed E-state index contributed by atoms with van der Waals surface area (Å²) in [7, 11) is 0. The van der Waals surface area contributed by atoms with Crippen LogP contribution in [-0.2, 0) is 32.1 Å². The van der Waals surface area contributed by atoms with Gasteiger partial charge >= 0.3 is 0 Å². The van der Waals surface area contributed by atoms with Crippen molar-refractivity contribution in [2.45, 2.75) is 50.9 Å². The lowest BCUT2D eigenvalue weighted by molar-refractivity contribution is 0.561. The quantitative estimate of drug-likeness (QED) is 0.568. The molecular formula is C26H23. The van der Waals surface area contributed by atoms with E-state index in [1.54, 1.807) is 33.4 Å². The highest BCUT2D eigenvalue weighted by Gasteiger charge is 2.38. The van der Waals surface area contributed by atoms with Crippen LogP contribution in [0.15, 0.2) is 48.5 Å². The van der Waals surface area contributed by atoms with Crippen molar-refractivity contribution in [2.24, 2.45) is 0 Å². The lowest BCUT2D eigenvalue weighted by Gasteiger charge is -2.42. The van der Waals surface area contributed by atoms with E-state index in [9.17, 15) is 0 Å². The maximum atomic E-state index is 3.84. The van der Waals surface area contributed by atoms with E-state index in [2.05, 4.69) is 61.5 Å². The Morgan fingerprint density at radius 2 is 1.77 bits per heavy atom. The molecule has 3 aromatic rings. The minimum absolute atomic E-state index is 0.671. The maximum absolute atomic E-state index is 3.84. The zero-order chi connectivity index (χ0) is 17.3. The fraction of sp³-hybridized carbons (Fsp3) is 0.308. The second-order valence-corrected chi connectivity index (χ2v) is 8.42. The highest BCUT2D eigenvalue weighted by atomic mass is 14.4. The van der Waals surface area contributed by atoms with Crippen LogP contribution in [-0.4, -0.2) is 0 Å². The standard InChI is InChI=1S/C26H23/c1-16-12-24-22(16)15-23(17-6-3-2-4-7-17)26-20(14-25(24)26)13-19-9-5-8-18-10-11-21(18)19/h2-9,16,20H,10-14H2,1H3. The van der Waals surface area contributed by atoms with Crippen LogP contribution in [0, 0.1) is 6.07 Å². The van der Waals surface area contributed by atoms with Crippen molar-refractivity contribution in [3.8, 4) is 11.1 Å². The first-order valence-electron chi connectivity index (χ1n) is 10.1. The van der Waals surface area contributed by atoms with E-state index in [1.807, 2.05) is 0 Å². The number of hydrogen-bond acceptors (Lipinski definition) is 0. The minimum atomic E-state index is 0.671. The van der Waals surface area contributed by atoms with Crippen LogP contribution in [0.4, 0.5) is 0 Å². The summed E-state index contributed by atoms with van der Waals surface area (Å²) in [5.41, 5.74) is 13.9. The van der Waals surface area contributed by atoms with Crippen LogP contribution in [0.5, 0.6) is 0 Å². The summed E-state index contributed by atoms with van der Waals surface area (Å²) in [6, 6.07) is 21.7. The molecule has 0 saturated carbocycles. The molecule has 127 valence electrons. The van der Waals surface area contributed by atoms with Gasteiger partial charge < -0.3 is 0 Å². The van der Waals surface area contributed by atoms with Gasteiger partial charge in [-0.05, 0) is 100 Å². The fourth-order valence-electron chi connectivity index (χ4n) is 5.37. The van der Waals surface area contributed by atoms with Gasteiger partial charge in [0, 0.05) is 0 Å². The summed E-state index contributed by atoms with van der Waals surface area (Å²) < 4.78 is 0. The summed E-state index contributed by atoms with van der Waals surface area (Å²) in [6.07, 6.45) is 6.29. The number of fused-ring (bicyclic) bond motifs is 4. The van der Waals surface area contributed by atoms with Gasteiger partial charge in [0.15, 0.2) is 0 Å². The molecule has 3 aliphatic carbocycles. The van der Waals surface area contributed by atoms with Crippen LogP contribution in [0.1, 0.15) is 57.7 Å². The predicted molar refractivity (Wildman–Crippen MR) is 107 cm³/mol. The minimum Gasteiger partial charge on any atom is -0.0622 e. The summed E-state index contributed by atoms with van der Waals surface area (Å²) in [5.74, 6) is 1.36. The van der Waals surface area contributed by atoms with Crippen LogP contribution < -0.4 is 0 Å². The van der Waals surface area contributed by atoms with Crippen LogP contribution in [0.25, 0.3) is 11.1 Å². The molecule has 26 heavy (non-hydrogen) atoms. The number of aryl methyl sites for hydroxylation is 1. The molecule has 0 N–H and O–H groups in total. The van der Waals surface area contributed by atoms with Gasteiger partial charge in [-0.3, -0.25) is 0 Å². The predicted octanol–water partition coefficient (Wildman–Crippen LogP) is 5.79. The molecule has 0 spiro atoms. The third-order valence-electron chi connectivity index (χ3n) is 6.95. The number of hydrogen-bond donors (Lipinski definition) is 0. The Morgan fingerprint density at radius 3 is 2.54 bits per heavy atom. The third-order valence-corrected chi connectivity index (χ3v) is 6.95. The van der Waals surface area contributed by atoms with Gasteiger partial charge in [0.1, 0.15) is 0 Å². The van der Waals surface area contributed by atoms with E-state index in [1.165, 1.54) is 48.8 Å². The molecule has 0 aliphatic heterocycles. The first-order valence-corrected chi connectivity index (χ1v) is 10.1. The monoisotopic (exact) mass is 335 g/mol. The molecule has 0 aromatic heterocycles. The molecule has 3 aliphatic rings. The van der Waals surface area contributed by atoms with E-state index in [4.69, 9.17) is 0 Å². The smallest absolute Gasteiger partial charge is 0.00553 e. The van der Waals surface area contributed by atoms with Crippen molar-refractivity contribution >= 4 is 0 Å². The number of rotatable bonds is 3. The number of benzene rings is 3. The molecule has 0 heterocycles. The Labute approximate surface area is 155 Å². The van der Waals surface area contributed by atoms with Gasteiger partial charge in [-0.25, -0.2) is 0 Å². The van der Waals surface area contributed by atoms with Crippen molar-refractivity contribution in [3.63, 3.8) is 0 Å². The van der Waals surface area contributed by atoms with E-state index in [0.29, 0.717) is 11.8 Å². The summed E-state index contributed by atoms with van der Waals surface area (Å²) in [4.78, 5) is 0. The Hall–Kier alpha value is -2.34. The highest BCUT2D eigenvalue weighted by molar-refractivity contribution is 5.75. The van der Waals surface area contributed by atoms with Crippen molar-refractivity contribution < 1.29 is 0 Å².